The van der Waals surface area contributed by atoms with Crippen LogP contribution in [0.4, 0.5) is 0 Å². The minimum absolute atomic E-state index is 0.202. The zero-order chi connectivity index (χ0) is 14.3. The molecule has 2 saturated carbocycles. The lowest BCUT2D eigenvalue weighted by Crippen LogP contribution is -2.38. The summed E-state index contributed by atoms with van der Waals surface area (Å²) < 4.78 is 0. The van der Waals surface area contributed by atoms with Crippen LogP contribution in [0.15, 0.2) is 24.3 Å². The van der Waals surface area contributed by atoms with Gasteiger partial charge in [0, 0.05) is 19.0 Å². The number of amides is 1. The molecule has 2 aliphatic carbocycles. The number of hydrogen-bond acceptors (Lipinski definition) is 2. The zero-order valence-electron chi connectivity index (χ0n) is 12.2. The Labute approximate surface area is 120 Å². The first-order chi connectivity index (χ1) is 9.58. The zero-order valence-corrected chi connectivity index (χ0v) is 12.2. The Hall–Kier alpha value is -1.51. The molecule has 3 rings (SSSR count). The second-order valence-corrected chi connectivity index (χ2v) is 6.45. The average molecular weight is 273 g/mol. The molecule has 1 aromatic rings. The monoisotopic (exact) mass is 273 g/mol. The summed E-state index contributed by atoms with van der Waals surface area (Å²) in [5, 5.41) is 9.30. The molecule has 0 aromatic heterocycles. The van der Waals surface area contributed by atoms with Crippen LogP contribution in [-0.2, 0) is 11.2 Å². The summed E-state index contributed by atoms with van der Waals surface area (Å²) in [4.78, 5) is 14.4. The molecule has 0 saturated heterocycles. The summed E-state index contributed by atoms with van der Waals surface area (Å²) in [5.74, 6) is 2.32. The molecule has 2 fully saturated rings. The maximum atomic E-state index is 12.5. The van der Waals surface area contributed by atoms with Crippen LogP contribution in [0, 0.1) is 17.8 Å². The fourth-order valence-electron chi connectivity index (χ4n) is 3.75. The van der Waals surface area contributed by atoms with Gasteiger partial charge in [-0.15, -0.1) is 0 Å². The van der Waals surface area contributed by atoms with Crippen molar-refractivity contribution in [1.29, 1.82) is 0 Å². The van der Waals surface area contributed by atoms with Crippen LogP contribution in [0.1, 0.15) is 31.7 Å². The minimum Gasteiger partial charge on any atom is -0.508 e. The molecule has 0 spiro atoms. The average Bonchev–Trinajstić information content (AvgIpc) is 2.92. The third kappa shape index (κ3) is 2.41. The molecule has 3 heteroatoms. The largest absolute Gasteiger partial charge is 0.508 e. The summed E-state index contributed by atoms with van der Waals surface area (Å²) in [5.41, 5.74) is 1.16. The van der Waals surface area contributed by atoms with E-state index in [0.717, 1.165) is 12.0 Å². The molecule has 0 radical (unpaired) electrons. The second-order valence-electron chi connectivity index (χ2n) is 6.45. The van der Waals surface area contributed by atoms with Gasteiger partial charge in [-0.1, -0.05) is 18.6 Å². The number of phenolic OH excluding ortho intramolecular Hbond substituents is 1. The van der Waals surface area contributed by atoms with Crippen molar-refractivity contribution in [3.63, 3.8) is 0 Å². The Bertz CT molecular complexity index is 486. The highest BCUT2D eigenvalue weighted by Crippen LogP contribution is 2.58. The highest BCUT2D eigenvalue weighted by Gasteiger charge is 2.57. The van der Waals surface area contributed by atoms with Gasteiger partial charge in [-0.25, -0.2) is 0 Å². The summed E-state index contributed by atoms with van der Waals surface area (Å²) in [7, 11) is 1.93. The van der Waals surface area contributed by atoms with Gasteiger partial charge in [0.25, 0.3) is 0 Å². The third-order valence-corrected chi connectivity index (χ3v) is 5.17. The third-order valence-electron chi connectivity index (χ3n) is 5.17. The molecule has 3 atom stereocenters. The molecule has 0 aliphatic heterocycles. The van der Waals surface area contributed by atoms with Gasteiger partial charge >= 0.3 is 0 Å². The van der Waals surface area contributed by atoms with Crippen molar-refractivity contribution >= 4 is 5.91 Å². The van der Waals surface area contributed by atoms with Crippen LogP contribution in [-0.4, -0.2) is 29.0 Å². The Morgan fingerprint density at radius 3 is 2.50 bits per heavy atom. The van der Waals surface area contributed by atoms with Gasteiger partial charge in [0.1, 0.15) is 5.75 Å². The number of fused-ring (bicyclic) bond motifs is 1. The summed E-state index contributed by atoms with van der Waals surface area (Å²) in [6.07, 6.45) is 4.65. The van der Waals surface area contributed by atoms with Crippen molar-refractivity contribution in [2.24, 2.45) is 17.8 Å². The van der Waals surface area contributed by atoms with Crippen LogP contribution in [0.25, 0.3) is 0 Å². The van der Waals surface area contributed by atoms with Crippen molar-refractivity contribution in [3.8, 4) is 5.75 Å². The van der Waals surface area contributed by atoms with Gasteiger partial charge in [-0.05, 0) is 55.7 Å². The number of nitrogens with zero attached hydrogens (tertiary/aromatic N) is 1. The highest BCUT2D eigenvalue weighted by atomic mass is 16.3. The van der Waals surface area contributed by atoms with E-state index < -0.39 is 0 Å². The number of carbonyl (C=O) groups is 1. The first-order valence-corrected chi connectivity index (χ1v) is 7.62. The Morgan fingerprint density at radius 2 is 1.90 bits per heavy atom. The Kier molecular flexibility index (Phi) is 3.45. The number of hydrogen-bond donors (Lipinski definition) is 1. The van der Waals surface area contributed by atoms with Crippen molar-refractivity contribution in [1.82, 2.24) is 4.90 Å². The number of aromatic hydroxyl groups is 1. The van der Waals surface area contributed by atoms with Gasteiger partial charge < -0.3 is 10.0 Å². The van der Waals surface area contributed by atoms with E-state index in [9.17, 15) is 9.90 Å². The van der Waals surface area contributed by atoms with E-state index >= 15 is 0 Å². The van der Waals surface area contributed by atoms with Gasteiger partial charge in [0.2, 0.25) is 5.91 Å². The molecule has 0 heterocycles. The van der Waals surface area contributed by atoms with Crippen LogP contribution in [0.3, 0.4) is 0 Å². The topological polar surface area (TPSA) is 40.5 Å². The number of carbonyl (C=O) groups excluding carboxylic acids is 1. The molecular formula is C17H23NO2. The smallest absolute Gasteiger partial charge is 0.226 e. The fraction of sp³-hybridized carbons (Fsp3) is 0.588. The van der Waals surface area contributed by atoms with Crippen molar-refractivity contribution in [2.45, 2.75) is 38.6 Å². The van der Waals surface area contributed by atoms with E-state index in [1.807, 2.05) is 24.1 Å². The lowest BCUT2D eigenvalue weighted by Gasteiger charge is -2.26. The van der Waals surface area contributed by atoms with E-state index in [1.54, 1.807) is 12.1 Å². The van der Waals surface area contributed by atoms with E-state index in [1.165, 1.54) is 19.3 Å². The molecule has 3 nitrogen and oxygen atoms in total. The second kappa shape index (κ2) is 5.12. The van der Waals surface area contributed by atoms with Crippen LogP contribution < -0.4 is 0 Å². The van der Waals surface area contributed by atoms with Crippen molar-refractivity contribution < 1.29 is 9.90 Å². The maximum Gasteiger partial charge on any atom is 0.226 e. The summed E-state index contributed by atoms with van der Waals surface area (Å²) in [6.45, 7) is 2.10. The number of likely N-dealkylation sites (N-methyl/N-ethyl adjacent to an activating group) is 1. The normalized spacial score (nSPS) is 28.8. The lowest BCUT2D eigenvalue weighted by molar-refractivity contribution is -0.133. The van der Waals surface area contributed by atoms with E-state index in [2.05, 4.69) is 6.92 Å². The Morgan fingerprint density at radius 1 is 1.30 bits per heavy atom. The molecule has 0 bridgehead atoms. The predicted octanol–water partition coefficient (Wildman–Crippen LogP) is 2.83. The number of rotatable bonds is 4. The lowest BCUT2D eigenvalue weighted by atomic mass is 10.0. The molecule has 3 unspecified atom stereocenters. The maximum absolute atomic E-state index is 12.5. The number of benzene rings is 1. The van der Waals surface area contributed by atoms with Crippen molar-refractivity contribution in [3.05, 3.63) is 29.8 Å². The van der Waals surface area contributed by atoms with Gasteiger partial charge in [0.15, 0.2) is 0 Å². The van der Waals surface area contributed by atoms with Crippen LogP contribution in [0.2, 0.25) is 0 Å². The summed E-state index contributed by atoms with van der Waals surface area (Å²) >= 11 is 0. The molecule has 1 N–H and O–H groups in total. The summed E-state index contributed by atoms with van der Waals surface area (Å²) in [6, 6.07) is 7.46. The van der Waals surface area contributed by atoms with E-state index in [4.69, 9.17) is 0 Å². The molecule has 1 amide bonds. The SMILES string of the molecule is CC(Cc1ccc(O)cc1)N(C)C(=O)C1C2CCCC21. The quantitative estimate of drug-likeness (QED) is 0.916. The number of phenols is 1. The van der Waals surface area contributed by atoms with Gasteiger partial charge in [-0.3, -0.25) is 4.79 Å². The van der Waals surface area contributed by atoms with E-state index in [-0.39, 0.29) is 11.8 Å². The van der Waals surface area contributed by atoms with Crippen LogP contribution in [0.5, 0.6) is 5.75 Å². The van der Waals surface area contributed by atoms with E-state index in [0.29, 0.717) is 23.7 Å². The van der Waals surface area contributed by atoms with Gasteiger partial charge in [-0.2, -0.15) is 0 Å². The molecule has 108 valence electrons. The minimum atomic E-state index is 0.202. The highest BCUT2D eigenvalue weighted by molar-refractivity contribution is 5.82. The molecule has 20 heavy (non-hydrogen) atoms. The van der Waals surface area contributed by atoms with Gasteiger partial charge in [0.05, 0.1) is 0 Å². The fourth-order valence-corrected chi connectivity index (χ4v) is 3.75. The predicted molar refractivity (Wildman–Crippen MR) is 78.4 cm³/mol. The van der Waals surface area contributed by atoms with Crippen molar-refractivity contribution in [2.75, 3.05) is 7.05 Å². The molecule has 2 aliphatic rings. The first-order valence-electron chi connectivity index (χ1n) is 7.62. The Balaban J connectivity index is 1.57. The standard InChI is InChI=1S/C17H23NO2/c1-11(10-12-6-8-13(19)9-7-12)18(2)17(20)16-14-4-3-5-15(14)16/h6-9,11,14-16,19H,3-5,10H2,1-2H3. The molecule has 1 aromatic carbocycles. The first kappa shape index (κ1) is 13.5. The molecular weight excluding hydrogens is 250 g/mol. The van der Waals surface area contributed by atoms with Crippen LogP contribution >= 0.6 is 0 Å².